The van der Waals surface area contributed by atoms with E-state index < -0.39 is 6.10 Å². The van der Waals surface area contributed by atoms with Crippen LogP contribution in [0.3, 0.4) is 0 Å². The van der Waals surface area contributed by atoms with Gasteiger partial charge in [0.1, 0.15) is 0 Å². The SMILES string of the molecule is COCC(O)CN(C)C(=O)c1ccc2c(c1)NCCN2. The number of methoxy groups -OCH3 is 1. The third-order valence-electron chi connectivity index (χ3n) is 3.21. The number of ether oxygens (including phenoxy) is 1. The van der Waals surface area contributed by atoms with Gasteiger partial charge in [-0.25, -0.2) is 0 Å². The molecule has 1 aromatic rings. The van der Waals surface area contributed by atoms with Crippen molar-refractivity contribution < 1.29 is 14.6 Å². The van der Waals surface area contributed by atoms with E-state index in [-0.39, 0.29) is 19.1 Å². The van der Waals surface area contributed by atoms with E-state index in [1.165, 1.54) is 12.0 Å². The van der Waals surface area contributed by atoms with Crippen LogP contribution in [-0.2, 0) is 4.74 Å². The van der Waals surface area contributed by atoms with E-state index in [4.69, 9.17) is 4.74 Å². The van der Waals surface area contributed by atoms with E-state index >= 15 is 0 Å². The minimum Gasteiger partial charge on any atom is -0.389 e. The summed E-state index contributed by atoms with van der Waals surface area (Å²) < 4.78 is 4.86. The van der Waals surface area contributed by atoms with Gasteiger partial charge in [0.2, 0.25) is 0 Å². The molecule has 20 heavy (non-hydrogen) atoms. The molecule has 110 valence electrons. The van der Waals surface area contributed by atoms with Gasteiger partial charge in [-0.1, -0.05) is 0 Å². The van der Waals surface area contributed by atoms with Crippen LogP contribution in [0.4, 0.5) is 11.4 Å². The van der Waals surface area contributed by atoms with Gasteiger partial charge in [0.05, 0.1) is 24.1 Å². The van der Waals surface area contributed by atoms with Crippen molar-refractivity contribution in [3.05, 3.63) is 23.8 Å². The van der Waals surface area contributed by atoms with Gasteiger partial charge in [-0.2, -0.15) is 0 Å². The van der Waals surface area contributed by atoms with Gasteiger partial charge in [-0.05, 0) is 18.2 Å². The maximum Gasteiger partial charge on any atom is 0.253 e. The molecule has 0 saturated carbocycles. The minimum atomic E-state index is -0.675. The molecule has 0 spiro atoms. The quantitative estimate of drug-likeness (QED) is 0.736. The summed E-state index contributed by atoms with van der Waals surface area (Å²) >= 11 is 0. The van der Waals surface area contributed by atoms with Crippen molar-refractivity contribution in [2.45, 2.75) is 6.10 Å². The van der Waals surface area contributed by atoms with Gasteiger partial charge in [0.25, 0.3) is 5.91 Å². The predicted molar refractivity (Wildman–Crippen MR) is 78.3 cm³/mol. The number of carbonyl (C=O) groups is 1. The minimum absolute atomic E-state index is 0.115. The third kappa shape index (κ3) is 3.40. The fourth-order valence-corrected chi connectivity index (χ4v) is 2.24. The molecule has 1 amide bonds. The van der Waals surface area contributed by atoms with Crippen LogP contribution in [0.25, 0.3) is 0 Å². The average Bonchev–Trinajstić information content (AvgIpc) is 2.46. The lowest BCUT2D eigenvalue weighted by Gasteiger charge is -2.23. The molecule has 0 saturated heterocycles. The number of nitrogens with zero attached hydrogens (tertiary/aromatic N) is 1. The Kier molecular flexibility index (Phi) is 4.81. The van der Waals surface area contributed by atoms with Crippen molar-refractivity contribution in [2.24, 2.45) is 0 Å². The van der Waals surface area contributed by atoms with Crippen molar-refractivity contribution >= 4 is 17.3 Å². The number of hydrogen-bond donors (Lipinski definition) is 3. The van der Waals surface area contributed by atoms with Crippen LogP contribution in [0, 0.1) is 0 Å². The van der Waals surface area contributed by atoms with Crippen LogP contribution in [0.1, 0.15) is 10.4 Å². The Hall–Kier alpha value is -1.79. The number of nitrogens with one attached hydrogen (secondary N) is 2. The van der Waals surface area contributed by atoms with Crippen molar-refractivity contribution in [2.75, 3.05) is 51.0 Å². The molecule has 0 aromatic heterocycles. The maximum atomic E-state index is 12.3. The van der Waals surface area contributed by atoms with E-state index in [1.54, 1.807) is 13.1 Å². The van der Waals surface area contributed by atoms with Gasteiger partial charge < -0.3 is 25.4 Å². The fraction of sp³-hybridized carbons (Fsp3) is 0.500. The number of rotatable bonds is 5. The van der Waals surface area contributed by atoms with Crippen LogP contribution >= 0.6 is 0 Å². The molecule has 0 bridgehead atoms. The van der Waals surface area contributed by atoms with Gasteiger partial charge >= 0.3 is 0 Å². The zero-order valence-corrected chi connectivity index (χ0v) is 11.8. The zero-order valence-electron chi connectivity index (χ0n) is 11.8. The van der Waals surface area contributed by atoms with E-state index in [0.717, 1.165) is 24.5 Å². The number of amides is 1. The Bertz CT molecular complexity index is 479. The largest absolute Gasteiger partial charge is 0.389 e. The second kappa shape index (κ2) is 6.58. The lowest BCUT2D eigenvalue weighted by Crippen LogP contribution is -2.36. The van der Waals surface area contributed by atoms with Crippen molar-refractivity contribution in [3.63, 3.8) is 0 Å². The lowest BCUT2D eigenvalue weighted by molar-refractivity contribution is 0.0380. The Morgan fingerprint density at radius 1 is 1.40 bits per heavy atom. The molecule has 3 N–H and O–H groups in total. The van der Waals surface area contributed by atoms with E-state index in [9.17, 15) is 9.90 Å². The highest BCUT2D eigenvalue weighted by molar-refractivity contribution is 5.96. The first-order chi connectivity index (χ1) is 9.61. The first-order valence-electron chi connectivity index (χ1n) is 6.66. The first kappa shape index (κ1) is 14.6. The van der Waals surface area contributed by atoms with Crippen LogP contribution in [0.2, 0.25) is 0 Å². The highest BCUT2D eigenvalue weighted by Crippen LogP contribution is 2.25. The normalized spacial score (nSPS) is 14.8. The Morgan fingerprint density at radius 3 is 2.80 bits per heavy atom. The smallest absolute Gasteiger partial charge is 0.253 e. The summed E-state index contributed by atoms with van der Waals surface area (Å²) in [4.78, 5) is 13.8. The monoisotopic (exact) mass is 279 g/mol. The van der Waals surface area contributed by atoms with Crippen LogP contribution in [0.5, 0.6) is 0 Å². The summed E-state index contributed by atoms with van der Waals surface area (Å²) in [5.41, 5.74) is 2.55. The van der Waals surface area contributed by atoms with Crippen molar-refractivity contribution in [1.82, 2.24) is 4.90 Å². The molecule has 0 fully saturated rings. The molecule has 6 nitrogen and oxygen atoms in total. The summed E-state index contributed by atoms with van der Waals surface area (Å²) in [5, 5.41) is 16.2. The standard InChI is InChI=1S/C14H21N3O3/c1-17(8-11(18)9-20-2)14(19)10-3-4-12-13(7-10)16-6-5-15-12/h3-4,7,11,15-16,18H,5-6,8-9H2,1-2H3. The van der Waals surface area contributed by atoms with Gasteiger partial charge in [-0.3, -0.25) is 4.79 Å². The topological polar surface area (TPSA) is 73.8 Å². The molecule has 6 heteroatoms. The van der Waals surface area contributed by atoms with E-state index in [1.807, 2.05) is 12.1 Å². The summed E-state index contributed by atoms with van der Waals surface area (Å²) in [6.07, 6.45) is -0.675. The fourth-order valence-electron chi connectivity index (χ4n) is 2.24. The molecular formula is C14H21N3O3. The number of likely N-dealkylation sites (N-methyl/N-ethyl adjacent to an activating group) is 1. The van der Waals surface area contributed by atoms with Crippen LogP contribution in [0.15, 0.2) is 18.2 Å². The molecular weight excluding hydrogens is 258 g/mol. The molecule has 1 heterocycles. The van der Waals surface area contributed by atoms with Gasteiger partial charge in [0.15, 0.2) is 0 Å². The third-order valence-corrected chi connectivity index (χ3v) is 3.21. The number of benzene rings is 1. The van der Waals surface area contributed by atoms with E-state index in [2.05, 4.69) is 10.6 Å². The number of anilines is 2. The second-order valence-corrected chi connectivity index (χ2v) is 4.91. The van der Waals surface area contributed by atoms with Gasteiger partial charge in [0, 0.05) is 39.4 Å². The van der Waals surface area contributed by atoms with Crippen molar-refractivity contribution in [1.29, 1.82) is 0 Å². The number of aliphatic hydroxyl groups is 1. The maximum absolute atomic E-state index is 12.3. The Morgan fingerprint density at radius 2 is 2.10 bits per heavy atom. The highest BCUT2D eigenvalue weighted by Gasteiger charge is 2.17. The van der Waals surface area contributed by atoms with Gasteiger partial charge in [-0.15, -0.1) is 0 Å². The van der Waals surface area contributed by atoms with Crippen molar-refractivity contribution in [3.8, 4) is 0 Å². The molecule has 0 radical (unpaired) electrons. The van der Waals surface area contributed by atoms with E-state index in [0.29, 0.717) is 5.56 Å². The summed E-state index contributed by atoms with van der Waals surface area (Å²) in [5.74, 6) is -0.115. The number of hydrogen-bond acceptors (Lipinski definition) is 5. The van der Waals surface area contributed by atoms with Crippen LogP contribution in [-0.4, -0.2) is 62.4 Å². The molecule has 2 rings (SSSR count). The molecule has 1 aliphatic rings. The molecule has 1 atom stereocenters. The number of fused-ring (bicyclic) bond motifs is 1. The number of carbonyl (C=O) groups excluding carboxylic acids is 1. The second-order valence-electron chi connectivity index (χ2n) is 4.91. The Balaban J connectivity index is 2.05. The summed E-state index contributed by atoms with van der Waals surface area (Å²) in [6, 6.07) is 5.53. The number of aliphatic hydroxyl groups excluding tert-OH is 1. The zero-order chi connectivity index (χ0) is 14.5. The molecule has 0 aliphatic carbocycles. The lowest BCUT2D eigenvalue weighted by atomic mass is 10.1. The summed E-state index contributed by atoms with van der Waals surface area (Å²) in [6.45, 7) is 2.18. The average molecular weight is 279 g/mol. The molecule has 1 aromatic carbocycles. The molecule has 1 aliphatic heterocycles. The first-order valence-corrected chi connectivity index (χ1v) is 6.66. The summed E-state index contributed by atoms with van der Waals surface area (Å²) in [7, 11) is 3.19. The predicted octanol–water partition coefficient (Wildman–Crippen LogP) is 0.603. The van der Waals surface area contributed by atoms with Crippen LogP contribution < -0.4 is 10.6 Å². The molecule has 1 unspecified atom stereocenters. The highest BCUT2D eigenvalue weighted by atomic mass is 16.5. The Labute approximate surface area is 118 Å².